The molecule has 0 aliphatic rings. The molecule has 0 radical (unpaired) electrons. The van der Waals surface area contributed by atoms with Gasteiger partial charge in [0.1, 0.15) is 11.4 Å². The molecule has 3 aromatic rings. The van der Waals surface area contributed by atoms with Crippen LogP contribution in [0.5, 0.6) is 5.75 Å². The highest BCUT2D eigenvalue weighted by atomic mass is 16.5. The molecule has 2 atom stereocenters. The van der Waals surface area contributed by atoms with Gasteiger partial charge in [-0.3, -0.25) is 0 Å². The minimum Gasteiger partial charge on any atom is -0.490 e. The molecule has 0 aromatic heterocycles. The Bertz CT molecular complexity index is 959. The van der Waals surface area contributed by atoms with Crippen LogP contribution in [0.15, 0.2) is 84.9 Å². The lowest BCUT2D eigenvalue weighted by Gasteiger charge is -2.39. The van der Waals surface area contributed by atoms with E-state index in [0.717, 1.165) is 35.3 Å². The second kappa shape index (κ2) is 15.6. The fourth-order valence-electron chi connectivity index (χ4n) is 5.24. The zero-order chi connectivity index (χ0) is 26.3. The van der Waals surface area contributed by atoms with Crippen molar-refractivity contribution in [3.8, 4) is 5.75 Å². The van der Waals surface area contributed by atoms with Crippen molar-refractivity contribution in [3.05, 3.63) is 102 Å². The fraction of sp³-hybridized carbons (Fsp3) is 0.486. The lowest BCUT2D eigenvalue weighted by atomic mass is 9.79. The highest BCUT2D eigenvalue weighted by Crippen LogP contribution is 2.45. The maximum absolute atomic E-state index is 7.23. The minimum absolute atomic E-state index is 0.0943. The molecule has 0 spiro atoms. The van der Waals surface area contributed by atoms with E-state index >= 15 is 0 Å². The molecule has 2 unspecified atom stereocenters. The van der Waals surface area contributed by atoms with Crippen molar-refractivity contribution < 1.29 is 9.47 Å². The molecule has 0 bridgehead atoms. The third-order valence-electron chi connectivity index (χ3n) is 7.26. The van der Waals surface area contributed by atoms with Crippen molar-refractivity contribution in [2.24, 2.45) is 0 Å². The molecule has 0 saturated carbocycles. The quantitative estimate of drug-likeness (QED) is 0.136. The minimum atomic E-state index is -0.759. The smallest absolute Gasteiger partial charge is 0.147 e. The normalized spacial score (nSPS) is 13.3. The first-order valence-corrected chi connectivity index (χ1v) is 14.7. The molecule has 2 heteroatoms. The monoisotopic (exact) mass is 500 g/mol. The zero-order valence-electron chi connectivity index (χ0n) is 23.6. The standard InChI is InChI=1S/C35H48O2/c1-5-7-9-13-21-29(3)36-34-28-20-19-27-33(34)35(31-23-15-11-16-24-31,32-25-17-12-18-26-32)37-30(4)22-14-10-8-6-2/h11-12,15-20,23-30H,5-10,13-14,21-22H2,1-4H3. The molecule has 0 saturated heterocycles. The summed E-state index contributed by atoms with van der Waals surface area (Å²) in [6.07, 6.45) is 12.3. The van der Waals surface area contributed by atoms with Crippen LogP contribution in [0.2, 0.25) is 0 Å². The van der Waals surface area contributed by atoms with E-state index in [-0.39, 0.29) is 12.2 Å². The summed E-state index contributed by atoms with van der Waals surface area (Å²) < 4.78 is 13.9. The number of para-hydroxylation sites is 1. The predicted octanol–water partition coefficient (Wildman–Crippen LogP) is 10.1. The van der Waals surface area contributed by atoms with Gasteiger partial charge in [-0.05, 0) is 50.3 Å². The Morgan fingerprint density at radius 3 is 1.59 bits per heavy atom. The van der Waals surface area contributed by atoms with Crippen LogP contribution in [-0.2, 0) is 10.3 Å². The van der Waals surface area contributed by atoms with Gasteiger partial charge in [0, 0.05) is 5.56 Å². The molecule has 200 valence electrons. The summed E-state index contributed by atoms with van der Waals surface area (Å²) in [4.78, 5) is 0. The molecule has 0 amide bonds. The van der Waals surface area contributed by atoms with Crippen LogP contribution in [0.3, 0.4) is 0 Å². The van der Waals surface area contributed by atoms with Crippen molar-refractivity contribution in [1.29, 1.82) is 0 Å². The maximum Gasteiger partial charge on any atom is 0.147 e. The Kier molecular flexibility index (Phi) is 12.2. The van der Waals surface area contributed by atoms with E-state index in [0.29, 0.717) is 0 Å². The van der Waals surface area contributed by atoms with Gasteiger partial charge < -0.3 is 9.47 Å². The first-order valence-electron chi connectivity index (χ1n) is 14.7. The average molecular weight is 501 g/mol. The number of benzene rings is 3. The van der Waals surface area contributed by atoms with E-state index in [9.17, 15) is 0 Å². The summed E-state index contributed by atoms with van der Waals surface area (Å²) >= 11 is 0. The number of unbranched alkanes of at least 4 members (excludes halogenated alkanes) is 6. The van der Waals surface area contributed by atoms with Crippen molar-refractivity contribution in [2.45, 2.75) is 110 Å². The second-order valence-corrected chi connectivity index (χ2v) is 10.5. The largest absolute Gasteiger partial charge is 0.490 e. The van der Waals surface area contributed by atoms with Gasteiger partial charge >= 0.3 is 0 Å². The van der Waals surface area contributed by atoms with Crippen LogP contribution >= 0.6 is 0 Å². The van der Waals surface area contributed by atoms with Crippen LogP contribution in [0.25, 0.3) is 0 Å². The van der Waals surface area contributed by atoms with Crippen LogP contribution in [0.4, 0.5) is 0 Å². The molecule has 0 N–H and O–H groups in total. The number of rotatable bonds is 17. The SMILES string of the molecule is CCCCCCC(C)Oc1ccccc1C(OC(C)CCCCCC)(c1ccccc1)c1ccccc1. The highest BCUT2D eigenvalue weighted by molar-refractivity contribution is 5.53. The van der Waals surface area contributed by atoms with Gasteiger partial charge in [0.15, 0.2) is 0 Å². The predicted molar refractivity (Wildman–Crippen MR) is 157 cm³/mol. The van der Waals surface area contributed by atoms with Gasteiger partial charge in [0.2, 0.25) is 0 Å². The molecule has 3 aromatic carbocycles. The van der Waals surface area contributed by atoms with E-state index in [2.05, 4.69) is 113 Å². The van der Waals surface area contributed by atoms with Gasteiger partial charge in [0.05, 0.1) is 12.2 Å². The van der Waals surface area contributed by atoms with Crippen molar-refractivity contribution in [1.82, 2.24) is 0 Å². The molecule has 37 heavy (non-hydrogen) atoms. The topological polar surface area (TPSA) is 18.5 Å². The van der Waals surface area contributed by atoms with Crippen molar-refractivity contribution in [3.63, 3.8) is 0 Å². The summed E-state index contributed by atoms with van der Waals surface area (Å²) in [6, 6.07) is 29.9. The third-order valence-corrected chi connectivity index (χ3v) is 7.26. The van der Waals surface area contributed by atoms with Crippen LogP contribution in [0, 0.1) is 0 Å². The summed E-state index contributed by atoms with van der Waals surface area (Å²) in [5.74, 6) is 0.913. The number of hydrogen-bond donors (Lipinski definition) is 0. The van der Waals surface area contributed by atoms with E-state index in [1.54, 1.807) is 0 Å². The van der Waals surface area contributed by atoms with Crippen molar-refractivity contribution >= 4 is 0 Å². The third kappa shape index (κ3) is 8.20. The molecule has 3 rings (SSSR count). The lowest BCUT2D eigenvalue weighted by molar-refractivity contribution is -0.0443. The number of hydrogen-bond acceptors (Lipinski definition) is 2. The van der Waals surface area contributed by atoms with Crippen LogP contribution in [0.1, 0.15) is 109 Å². The fourth-order valence-corrected chi connectivity index (χ4v) is 5.24. The Morgan fingerprint density at radius 2 is 1.05 bits per heavy atom. The van der Waals surface area contributed by atoms with Gasteiger partial charge in [-0.15, -0.1) is 0 Å². The first-order chi connectivity index (χ1) is 18.1. The van der Waals surface area contributed by atoms with E-state index in [1.807, 2.05) is 0 Å². The van der Waals surface area contributed by atoms with Gasteiger partial charge in [-0.25, -0.2) is 0 Å². The Balaban J connectivity index is 2.04. The molecule has 0 aliphatic heterocycles. The Morgan fingerprint density at radius 1 is 0.568 bits per heavy atom. The van der Waals surface area contributed by atoms with Crippen molar-refractivity contribution in [2.75, 3.05) is 0 Å². The van der Waals surface area contributed by atoms with E-state index in [4.69, 9.17) is 9.47 Å². The zero-order valence-corrected chi connectivity index (χ0v) is 23.6. The molecular formula is C35H48O2. The Hall–Kier alpha value is -2.58. The van der Waals surface area contributed by atoms with Crippen LogP contribution in [-0.4, -0.2) is 12.2 Å². The van der Waals surface area contributed by atoms with Gasteiger partial charge in [0.25, 0.3) is 0 Å². The lowest BCUT2D eigenvalue weighted by Crippen LogP contribution is -2.37. The van der Waals surface area contributed by atoms with Gasteiger partial charge in [-0.1, -0.05) is 138 Å². The van der Waals surface area contributed by atoms with Crippen LogP contribution < -0.4 is 4.74 Å². The summed E-state index contributed by atoms with van der Waals surface area (Å²) in [5, 5.41) is 0. The molecule has 2 nitrogen and oxygen atoms in total. The molecular weight excluding hydrogens is 452 g/mol. The summed E-state index contributed by atoms with van der Waals surface area (Å²) in [5.41, 5.74) is 2.58. The second-order valence-electron chi connectivity index (χ2n) is 10.5. The van der Waals surface area contributed by atoms with Gasteiger partial charge in [-0.2, -0.15) is 0 Å². The maximum atomic E-state index is 7.23. The highest BCUT2D eigenvalue weighted by Gasteiger charge is 2.41. The average Bonchev–Trinajstić information content (AvgIpc) is 2.93. The first kappa shape index (κ1) is 29.0. The van der Waals surface area contributed by atoms with E-state index in [1.165, 1.54) is 51.4 Å². The molecule has 0 aliphatic carbocycles. The Labute approximate surface area is 226 Å². The molecule has 0 fully saturated rings. The summed E-state index contributed by atoms with van der Waals surface area (Å²) in [7, 11) is 0. The molecule has 0 heterocycles. The number of ether oxygens (including phenoxy) is 2. The summed E-state index contributed by atoms with van der Waals surface area (Å²) in [6.45, 7) is 8.95. The van der Waals surface area contributed by atoms with E-state index < -0.39 is 5.60 Å².